The van der Waals surface area contributed by atoms with Gasteiger partial charge in [-0.3, -0.25) is 10.4 Å². The van der Waals surface area contributed by atoms with Gasteiger partial charge < -0.3 is 19.1 Å². The molecule has 5 rings (SSSR count). The summed E-state index contributed by atoms with van der Waals surface area (Å²) in [5, 5.41) is 38.9. The number of imidazole rings is 1. The van der Waals surface area contributed by atoms with E-state index in [0.717, 1.165) is 9.36 Å². The summed E-state index contributed by atoms with van der Waals surface area (Å²) in [7, 11) is 0. The smallest absolute Gasteiger partial charge is 0.477 e. The van der Waals surface area contributed by atoms with Gasteiger partial charge in [-0.1, -0.05) is 79.7 Å². The van der Waals surface area contributed by atoms with Crippen molar-refractivity contribution in [2.45, 2.75) is 58.4 Å². The van der Waals surface area contributed by atoms with E-state index in [9.17, 15) is 36.6 Å². The average Bonchev–Trinajstić information content (AvgIpc) is 3.74. The summed E-state index contributed by atoms with van der Waals surface area (Å²) in [5.41, 5.74) is 0.230. The molecule has 0 amide bonds. The van der Waals surface area contributed by atoms with Gasteiger partial charge in [-0.25, -0.2) is 19.4 Å². The van der Waals surface area contributed by atoms with Crippen LogP contribution in [-0.4, -0.2) is 69.0 Å². The Morgan fingerprint density at radius 1 is 0.868 bits per heavy atom. The van der Waals surface area contributed by atoms with Crippen molar-refractivity contribution >= 4 is 12.1 Å². The summed E-state index contributed by atoms with van der Waals surface area (Å²) in [5.74, 6) is -7.51. The molecule has 0 saturated carbocycles. The summed E-state index contributed by atoms with van der Waals surface area (Å²) in [6.07, 6.45) is -6.81. The van der Waals surface area contributed by atoms with Crippen LogP contribution in [0.25, 0.3) is 22.5 Å². The van der Waals surface area contributed by atoms with Gasteiger partial charge in [-0.05, 0) is 39.5 Å². The Morgan fingerprint density at radius 3 is 2.19 bits per heavy atom. The highest BCUT2D eigenvalue weighted by Gasteiger charge is 2.62. The molecule has 3 N–H and O–H groups in total. The number of rotatable bonds is 15. The minimum atomic E-state index is -6.05. The van der Waals surface area contributed by atoms with E-state index in [1.807, 2.05) is 0 Å². The molecular weight excluding hydrogens is 717 g/mol. The molecule has 0 fully saturated rings. The molecule has 2 aromatic heterocycles. The Labute approximate surface area is 296 Å². The van der Waals surface area contributed by atoms with Crippen molar-refractivity contribution in [2.75, 3.05) is 0 Å². The number of alkyl halides is 5. The van der Waals surface area contributed by atoms with E-state index in [-0.39, 0.29) is 37.8 Å². The number of carbonyl (C=O) groups is 2. The van der Waals surface area contributed by atoms with Gasteiger partial charge in [0.15, 0.2) is 11.4 Å². The van der Waals surface area contributed by atoms with Crippen LogP contribution in [0.3, 0.4) is 0 Å². The fourth-order valence-corrected chi connectivity index (χ4v) is 5.20. The van der Waals surface area contributed by atoms with Gasteiger partial charge in [0.1, 0.15) is 12.4 Å². The second-order valence-electron chi connectivity index (χ2n) is 11.3. The van der Waals surface area contributed by atoms with Crippen molar-refractivity contribution in [3.8, 4) is 22.5 Å². The number of hydrogen-bond donors (Lipinski definition) is 3. The molecule has 280 valence electrons. The van der Waals surface area contributed by atoms with E-state index in [0.29, 0.717) is 39.8 Å². The van der Waals surface area contributed by atoms with Crippen LogP contribution in [-0.2, 0) is 53.1 Å². The van der Waals surface area contributed by atoms with Crippen molar-refractivity contribution in [1.29, 1.82) is 0 Å². The molecule has 0 aliphatic heterocycles. The predicted octanol–water partition coefficient (Wildman–Crippen LogP) is 6.38. The lowest BCUT2D eigenvalue weighted by Crippen LogP contribution is -2.35. The second kappa shape index (κ2) is 16.2. The van der Waals surface area contributed by atoms with E-state index in [1.165, 1.54) is 0 Å². The van der Waals surface area contributed by atoms with Gasteiger partial charge in [0.05, 0.1) is 12.0 Å². The zero-order chi connectivity index (χ0) is 38.3. The van der Waals surface area contributed by atoms with Gasteiger partial charge in [0, 0.05) is 18.5 Å². The van der Waals surface area contributed by atoms with Crippen molar-refractivity contribution in [1.82, 2.24) is 35.1 Å². The maximum atomic E-state index is 14.4. The molecule has 0 unspecified atom stereocenters. The third-order valence-corrected chi connectivity index (χ3v) is 7.60. The molecule has 0 atom stereocenters. The normalized spacial score (nSPS) is 11.9. The Kier molecular flexibility index (Phi) is 11.8. The number of carboxylic acid groups (broad SMARTS) is 1. The molecule has 3 aromatic carbocycles. The van der Waals surface area contributed by atoms with Crippen LogP contribution in [0, 0.1) is 0 Å². The molecule has 0 spiro atoms. The van der Waals surface area contributed by atoms with Crippen LogP contribution in [0.5, 0.6) is 0 Å². The van der Waals surface area contributed by atoms with Gasteiger partial charge in [-0.15, -0.1) is 15.0 Å². The van der Waals surface area contributed by atoms with Gasteiger partial charge in [0.25, 0.3) is 0 Å². The molecule has 20 heteroatoms. The van der Waals surface area contributed by atoms with Crippen LogP contribution in [0.1, 0.15) is 52.0 Å². The lowest BCUT2D eigenvalue weighted by molar-refractivity contribution is -0.497. The highest BCUT2D eigenvalue weighted by Crippen LogP contribution is 2.45. The molecular formula is C33H30F5N7O8. The summed E-state index contributed by atoms with van der Waals surface area (Å²) in [4.78, 5) is 33.2. The zero-order valence-corrected chi connectivity index (χ0v) is 27.6. The number of aryl methyl sites for hydroxylation is 1. The van der Waals surface area contributed by atoms with E-state index in [2.05, 4.69) is 25.2 Å². The maximum absolute atomic E-state index is 14.4. The van der Waals surface area contributed by atoms with Crippen molar-refractivity contribution in [3.63, 3.8) is 0 Å². The van der Waals surface area contributed by atoms with Crippen LogP contribution >= 0.6 is 0 Å². The van der Waals surface area contributed by atoms with Crippen LogP contribution < -0.4 is 0 Å². The minimum Gasteiger partial charge on any atom is -0.477 e. The number of aromatic nitrogens is 6. The van der Waals surface area contributed by atoms with Crippen LogP contribution in [0.4, 0.5) is 26.7 Å². The van der Waals surface area contributed by atoms with Crippen molar-refractivity contribution < 1.29 is 61.4 Å². The third kappa shape index (κ3) is 9.16. The average molecular weight is 748 g/mol. The zero-order valence-electron chi connectivity index (χ0n) is 27.6. The summed E-state index contributed by atoms with van der Waals surface area (Å²) < 4.78 is 79.5. The van der Waals surface area contributed by atoms with Gasteiger partial charge in [0.2, 0.25) is 12.6 Å². The quantitative estimate of drug-likeness (QED) is 0.0609. The number of ether oxygens (including phenoxy) is 2. The van der Waals surface area contributed by atoms with Gasteiger partial charge >= 0.3 is 24.2 Å². The largest absolute Gasteiger partial charge is 0.510 e. The fraction of sp³-hybridized carbons (Fsp3) is 0.273. The minimum absolute atomic E-state index is 0.0389. The van der Waals surface area contributed by atoms with Crippen molar-refractivity contribution in [2.24, 2.45) is 0 Å². The topological polar surface area (TPSA) is 187 Å². The first kappa shape index (κ1) is 38.4. The number of hydrogen-bond acceptors (Lipinski definition) is 12. The molecule has 15 nitrogen and oxygen atoms in total. The van der Waals surface area contributed by atoms with Crippen LogP contribution in [0.2, 0.25) is 0 Å². The SMILES string of the molecule is CCCc1nc(C(F)(F)C(F)(F)F)c(C(=O)O)n1Cc1ccc(-c2ccccc2-c2nnn(COC(=O)OCc3cccc(CON(O)O)c3)n2)cc1. The predicted molar refractivity (Wildman–Crippen MR) is 169 cm³/mol. The number of halogens is 5. The molecule has 0 saturated heterocycles. The summed E-state index contributed by atoms with van der Waals surface area (Å²) >= 11 is 0. The molecule has 2 heterocycles. The standard InChI is InChI=1S/C33H30F5N7O8/c1-2-6-26-39-28(32(34,35)33(36,37)38)27(30(46)47)43(26)16-20-11-13-23(14-12-20)24-9-3-4-10-25(24)29-40-42-44(41-29)19-52-31(48)51-17-21-7-5-8-22(15-21)18-53-45(49)50/h3-5,7-15,49-50H,2,6,16-19H2,1H3,(H,46,47). The lowest BCUT2D eigenvalue weighted by Gasteiger charge is -2.18. The Morgan fingerprint density at radius 2 is 1.55 bits per heavy atom. The number of benzene rings is 3. The molecule has 0 radical (unpaired) electrons. The molecule has 0 aliphatic carbocycles. The van der Waals surface area contributed by atoms with Gasteiger partial charge in [-0.2, -0.15) is 22.0 Å². The van der Waals surface area contributed by atoms with E-state index >= 15 is 0 Å². The number of carbonyl (C=O) groups excluding carboxylic acids is 1. The maximum Gasteiger partial charge on any atom is 0.510 e. The first-order chi connectivity index (χ1) is 25.2. The summed E-state index contributed by atoms with van der Waals surface area (Å²) in [6, 6.07) is 20.0. The number of aromatic carboxylic acids is 1. The number of carboxylic acids is 1. The monoisotopic (exact) mass is 747 g/mol. The van der Waals surface area contributed by atoms with E-state index in [1.54, 1.807) is 79.7 Å². The fourth-order valence-electron chi connectivity index (χ4n) is 5.20. The highest BCUT2D eigenvalue weighted by atomic mass is 19.4. The molecule has 0 aliphatic rings. The van der Waals surface area contributed by atoms with E-state index in [4.69, 9.17) is 19.9 Å². The molecule has 53 heavy (non-hydrogen) atoms. The lowest BCUT2D eigenvalue weighted by atomic mass is 9.98. The van der Waals surface area contributed by atoms with E-state index < -0.39 is 47.7 Å². The highest BCUT2D eigenvalue weighted by molar-refractivity contribution is 5.87. The second-order valence-corrected chi connectivity index (χ2v) is 11.3. The molecule has 0 bridgehead atoms. The van der Waals surface area contributed by atoms with Crippen molar-refractivity contribution in [3.05, 3.63) is 107 Å². The first-order valence-electron chi connectivity index (χ1n) is 15.6. The molecule has 5 aromatic rings. The third-order valence-electron chi connectivity index (χ3n) is 7.60. The number of tetrazole rings is 1. The first-order valence-corrected chi connectivity index (χ1v) is 15.6. The Balaban J connectivity index is 1.27. The Hall–Kier alpha value is -5.83. The van der Waals surface area contributed by atoms with Crippen LogP contribution in [0.15, 0.2) is 72.8 Å². The Bertz CT molecular complexity index is 2050. The number of nitrogens with zero attached hydrogens (tertiary/aromatic N) is 7. The summed E-state index contributed by atoms with van der Waals surface area (Å²) in [6.45, 7) is 0.562.